The number of para-hydroxylation sites is 1. The Morgan fingerprint density at radius 2 is 1.92 bits per heavy atom. The standard InChI is InChI=1S/C19H20N2S.2BrH/c1-14-7-4-5-11-21(14)18-13-17(19-10-6-12-22-19)20-16-9-3-2-8-15(16)18;;/h2-3,6,8-10,12-14H,4-5,7,11H2,1H3;2*1H. The predicted octanol–water partition coefficient (Wildman–Crippen LogP) is 6.50. The van der Waals surface area contributed by atoms with Gasteiger partial charge in [-0.3, -0.25) is 0 Å². The molecule has 5 heteroatoms. The highest BCUT2D eigenvalue weighted by Gasteiger charge is 2.21. The first kappa shape index (κ1) is 19.4. The summed E-state index contributed by atoms with van der Waals surface area (Å²) in [5, 5.41) is 3.40. The third-order valence-corrected chi connectivity index (χ3v) is 5.47. The van der Waals surface area contributed by atoms with Gasteiger partial charge in [-0.05, 0) is 49.8 Å². The van der Waals surface area contributed by atoms with Crippen LogP contribution in [0, 0.1) is 0 Å². The quantitative estimate of drug-likeness (QED) is 0.425. The zero-order chi connectivity index (χ0) is 14.9. The van der Waals surface area contributed by atoms with Gasteiger partial charge in [-0.2, -0.15) is 0 Å². The van der Waals surface area contributed by atoms with Crippen molar-refractivity contribution in [2.75, 3.05) is 11.4 Å². The number of hydrogen-bond acceptors (Lipinski definition) is 3. The number of rotatable bonds is 2. The lowest BCUT2D eigenvalue weighted by Gasteiger charge is -2.36. The van der Waals surface area contributed by atoms with Crippen molar-refractivity contribution in [2.45, 2.75) is 32.2 Å². The van der Waals surface area contributed by atoms with Gasteiger partial charge in [-0.15, -0.1) is 45.3 Å². The summed E-state index contributed by atoms with van der Waals surface area (Å²) in [5.74, 6) is 0. The molecular formula is C19H22Br2N2S. The Morgan fingerprint density at radius 3 is 2.67 bits per heavy atom. The Balaban J connectivity index is 0.00000104. The lowest BCUT2D eigenvalue weighted by Crippen LogP contribution is -2.37. The van der Waals surface area contributed by atoms with Crippen LogP contribution in [-0.2, 0) is 0 Å². The van der Waals surface area contributed by atoms with E-state index in [9.17, 15) is 0 Å². The van der Waals surface area contributed by atoms with E-state index in [1.54, 1.807) is 11.3 Å². The molecule has 3 heterocycles. The number of halogens is 2. The lowest BCUT2D eigenvalue weighted by molar-refractivity contribution is 0.486. The predicted molar refractivity (Wildman–Crippen MR) is 116 cm³/mol. The van der Waals surface area contributed by atoms with E-state index in [1.807, 2.05) is 0 Å². The van der Waals surface area contributed by atoms with E-state index < -0.39 is 0 Å². The van der Waals surface area contributed by atoms with Crippen LogP contribution in [0.4, 0.5) is 5.69 Å². The monoisotopic (exact) mass is 468 g/mol. The Labute approximate surface area is 168 Å². The Kier molecular flexibility index (Phi) is 6.84. The number of piperidine rings is 1. The van der Waals surface area contributed by atoms with E-state index in [0.717, 1.165) is 17.8 Å². The highest BCUT2D eigenvalue weighted by Crippen LogP contribution is 2.35. The second kappa shape index (κ2) is 8.45. The smallest absolute Gasteiger partial charge is 0.0830 e. The summed E-state index contributed by atoms with van der Waals surface area (Å²) in [6.45, 7) is 3.50. The second-order valence-electron chi connectivity index (χ2n) is 6.06. The van der Waals surface area contributed by atoms with Crippen molar-refractivity contribution in [3.05, 3.63) is 47.8 Å². The normalized spacial score (nSPS) is 17.2. The average molecular weight is 470 g/mol. The summed E-state index contributed by atoms with van der Waals surface area (Å²) in [6, 6.07) is 15.7. The minimum atomic E-state index is 0. The van der Waals surface area contributed by atoms with Gasteiger partial charge in [0.25, 0.3) is 0 Å². The molecule has 128 valence electrons. The zero-order valence-corrected chi connectivity index (χ0v) is 17.9. The van der Waals surface area contributed by atoms with E-state index in [1.165, 1.54) is 35.2 Å². The molecule has 0 radical (unpaired) electrons. The van der Waals surface area contributed by atoms with E-state index in [-0.39, 0.29) is 34.0 Å². The largest absolute Gasteiger partial charge is 0.368 e. The van der Waals surface area contributed by atoms with Crippen LogP contribution >= 0.6 is 45.3 Å². The van der Waals surface area contributed by atoms with Crippen LogP contribution in [0.1, 0.15) is 26.2 Å². The summed E-state index contributed by atoms with van der Waals surface area (Å²) in [5.41, 5.74) is 3.55. The van der Waals surface area contributed by atoms with Gasteiger partial charge in [0, 0.05) is 23.7 Å². The molecule has 1 aromatic carbocycles. The maximum atomic E-state index is 4.88. The van der Waals surface area contributed by atoms with Gasteiger partial charge in [0.2, 0.25) is 0 Å². The molecule has 0 aliphatic carbocycles. The van der Waals surface area contributed by atoms with Gasteiger partial charge in [0.15, 0.2) is 0 Å². The maximum absolute atomic E-state index is 4.88. The van der Waals surface area contributed by atoms with Crippen molar-refractivity contribution in [1.29, 1.82) is 0 Å². The second-order valence-corrected chi connectivity index (χ2v) is 7.01. The van der Waals surface area contributed by atoms with Crippen molar-refractivity contribution in [1.82, 2.24) is 4.98 Å². The summed E-state index contributed by atoms with van der Waals surface area (Å²) in [6.07, 6.45) is 3.92. The van der Waals surface area contributed by atoms with Crippen LogP contribution in [-0.4, -0.2) is 17.6 Å². The van der Waals surface area contributed by atoms with Gasteiger partial charge in [-0.25, -0.2) is 4.98 Å². The van der Waals surface area contributed by atoms with E-state index in [4.69, 9.17) is 4.98 Å². The molecule has 0 saturated carbocycles. The van der Waals surface area contributed by atoms with Crippen LogP contribution in [0.5, 0.6) is 0 Å². The van der Waals surface area contributed by atoms with Gasteiger partial charge >= 0.3 is 0 Å². The number of anilines is 1. The molecule has 4 rings (SSSR count). The van der Waals surface area contributed by atoms with Crippen LogP contribution < -0.4 is 4.90 Å². The van der Waals surface area contributed by atoms with Crippen molar-refractivity contribution < 1.29 is 0 Å². The Bertz CT molecular complexity index is 789. The molecule has 1 aliphatic rings. The first-order chi connectivity index (χ1) is 10.8. The Hall–Kier alpha value is -0.910. The average Bonchev–Trinajstić information content (AvgIpc) is 3.09. The number of pyridine rings is 1. The molecule has 24 heavy (non-hydrogen) atoms. The molecule has 3 aromatic rings. The van der Waals surface area contributed by atoms with Crippen LogP contribution in [0.25, 0.3) is 21.5 Å². The molecule has 1 unspecified atom stereocenters. The SMILES string of the molecule is Br.Br.CC1CCCCN1c1cc(-c2cccs2)nc2ccccc12. The van der Waals surface area contributed by atoms with Gasteiger partial charge in [0.05, 0.1) is 16.1 Å². The Morgan fingerprint density at radius 1 is 1.08 bits per heavy atom. The summed E-state index contributed by atoms with van der Waals surface area (Å²) in [7, 11) is 0. The molecule has 0 N–H and O–H groups in total. The van der Waals surface area contributed by atoms with Gasteiger partial charge in [0.1, 0.15) is 0 Å². The molecule has 2 nitrogen and oxygen atoms in total. The molecule has 1 aliphatic heterocycles. The van der Waals surface area contributed by atoms with Gasteiger partial charge < -0.3 is 4.90 Å². The van der Waals surface area contributed by atoms with Crippen molar-refractivity contribution >= 4 is 61.9 Å². The van der Waals surface area contributed by atoms with E-state index in [2.05, 4.69) is 59.7 Å². The fraction of sp³-hybridized carbons (Fsp3) is 0.316. The fourth-order valence-corrected chi connectivity index (χ4v) is 4.09. The number of aromatic nitrogens is 1. The number of benzene rings is 1. The van der Waals surface area contributed by atoms with Crippen LogP contribution in [0.2, 0.25) is 0 Å². The minimum Gasteiger partial charge on any atom is -0.368 e. The molecule has 0 spiro atoms. The molecule has 0 bridgehead atoms. The molecule has 1 atom stereocenters. The summed E-state index contributed by atoms with van der Waals surface area (Å²) in [4.78, 5) is 8.70. The zero-order valence-electron chi connectivity index (χ0n) is 13.6. The van der Waals surface area contributed by atoms with Crippen LogP contribution in [0.15, 0.2) is 47.8 Å². The third-order valence-electron chi connectivity index (χ3n) is 4.58. The third kappa shape index (κ3) is 3.68. The van der Waals surface area contributed by atoms with Crippen molar-refractivity contribution in [3.63, 3.8) is 0 Å². The number of fused-ring (bicyclic) bond motifs is 1. The number of hydrogen-bond donors (Lipinski definition) is 0. The topological polar surface area (TPSA) is 16.1 Å². The fourth-order valence-electron chi connectivity index (χ4n) is 3.40. The van der Waals surface area contributed by atoms with E-state index in [0.29, 0.717) is 6.04 Å². The van der Waals surface area contributed by atoms with E-state index >= 15 is 0 Å². The van der Waals surface area contributed by atoms with Crippen molar-refractivity contribution in [3.8, 4) is 10.6 Å². The number of nitrogens with zero attached hydrogens (tertiary/aromatic N) is 2. The first-order valence-corrected chi connectivity index (χ1v) is 8.91. The maximum Gasteiger partial charge on any atom is 0.0830 e. The molecule has 0 amide bonds. The van der Waals surface area contributed by atoms with Crippen LogP contribution in [0.3, 0.4) is 0 Å². The summed E-state index contributed by atoms with van der Waals surface area (Å²) < 4.78 is 0. The number of thiophene rings is 1. The molecule has 2 aromatic heterocycles. The molecule has 1 saturated heterocycles. The lowest BCUT2D eigenvalue weighted by atomic mass is 10.0. The summed E-state index contributed by atoms with van der Waals surface area (Å²) >= 11 is 1.76. The highest BCUT2D eigenvalue weighted by atomic mass is 79.9. The van der Waals surface area contributed by atoms with Crippen molar-refractivity contribution in [2.24, 2.45) is 0 Å². The molecular weight excluding hydrogens is 448 g/mol. The minimum absolute atomic E-state index is 0. The molecule has 1 fully saturated rings. The highest BCUT2D eigenvalue weighted by molar-refractivity contribution is 8.93. The first-order valence-electron chi connectivity index (χ1n) is 8.03. The van der Waals surface area contributed by atoms with Gasteiger partial charge in [-0.1, -0.05) is 24.3 Å².